The molecular weight excluding hydrogens is 512 g/mol. The molecule has 1 heterocycles. The molecule has 0 amide bonds. The van der Waals surface area contributed by atoms with E-state index in [9.17, 15) is 10.1 Å². The zero-order chi connectivity index (χ0) is 28.2. The van der Waals surface area contributed by atoms with Gasteiger partial charge in [-0.2, -0.15) is 5.26 Å². The summed E-state index contributed by atoms with van der Waals surface area (Å²) in [6.07, 6.45) is 0.126. The fourth-order valence-corrected chi connectivity index (χ4v) is 5.11. The lowest BCUT2D eigenvalue weighted by Gasteiger charge is -2.26. The van der Waals surface area contributed by atoms with Crippen molar-refractivity contribution in [1.29, 1.82) is 5.26 Å². The number of ether oxygens (including phenoxy) is 3. The first kappa shape index (κ1) is 25.7. The van der Waals surface area contributed by atoms with E-state index in [2.05, 4.69) is 6.07 Å². The number of nitrogens with two attached hydrogens (primary N) is 1. The van der Waals surface area contributed by atoms with E-state index in [0.29, 0.717) is 29.4 Å². The first-order valence-corrected chi connectivity index (χ1v) is 13.2. The van der Waals surface area contributed by atoms with Gasteiger partial charge in [-0.25, -0.2) is 0 Å². The zero-order valence-electron chi connectivity index (χ0n) is 22.1. The van der Waals surface area contributed by atoms with Crippen molar-refractivity contribution >= 4 is 16.7 Å². The lowest BCUT2D eigenvalue weighted by atomic mass is 9.83. The van der Waals surface area contributed by atoms with E-state index >= 15 is 0 Å². The molecule has 0 radical (unpaired) electrons. The summed E-state index contributed by atoms with van der Waals surface area (Å²) in [6.45, 7) is 0.457. The van der Waals surface area contributed by atoms with Crippen molar-refractivity contribution in [3.63, 3.8) is 0 Å². The Morgan fingerprint density at radius 2 is 1.59 bits per heavy atom. The largest absolute Gasteiger partial charge is 0.489 e. The van der Waals surface area contributed by atoms with Gasteiger partial charge in [0, 0.05) is 11.6 Å². The fraction of sp³-hybridized carbons (Fsp3) is 0.0857. The molecule has 0 saturated heterocycles. The Hall–Kier alpha value is -5.54. The topological polar surface area (TPSA) is 94.6 Å². The highest BCUT2D eigenvalue weighted by Gasteiger charge is 2.31. The molecule has 0 bridgehead atoms. The number of allylic oxidation sites excluding steroid dienone is 1. The number of esters is 1. The first-order valence-electron chi connectivity index (χ1n) is 13.2. The predicted octanol–water partition coefficient (Wildman–Crippen LogP) is 6.79. The predicted molar refractivity (Wildman–Crippen MR) is 156 cm³/mol. The number of fused-ring (bicyclic) bond motifs is 2. The summed E-state index contributed by atoms with van der Waals surface area (Å²) in [6, 6.07) is 38.7. The van der Waals surface area contributed by atoms with Crippen molar-refractivity contribution in [2.45, 2.75) is 18.9 Å². The van der Waals surface area contributed by atoms with Crippen LogP contribution in [0.3, 0.4) is 0 Å². The van der Waals surface area contributed by atoms with E-state index in [1.54, 1.807) is 12.1 Å². The van der Waals surface area contributed by atoms with Gasteiger partial charge >= 0.3 is 5.97 Å². The maximum Gasteiger partial charge on any atom is 0.315 e. The molecule has 1 atom stereocenters. The summed E-state index contributed by atoms with van der Waals surface area (Å²) in [5, 5.41) is 12.0. The molecule has 0 fully saturated rings. The molecule has 200 valence electrons. The molecule has 6 heteroatoms. The van der Waals surface area contributed by atoms with Gasteiger partial charge in [0.05, 0.1) is 12.3 Å². The monoisotopic (exact) mass is 538 g/mol. The number of nitrogens with zero attached hydrogens (tertiary/aromatic N) is 1. The summed E-state index contributed by atoms with van der Waals surface area (Å²) in [5.74, 6) is 0.688. The van der Waals surface area contributed by atoms with E-state index in [0.717, 1.165) is 33.0 Å². The molecule has 0 aliphatic carbocycles. The van der Waals surface area contributed by atoms with Crippen LogP contribution in [0.2, 0.25) is 0 Å². The lowest BCUT2D eigenvalue weighted by molar-refractivity contribution is -0.133. The molecule has 1 aliphatic heterocycles. The summed E-state index contributed by atoms with van der Waals surface area (Å²) in [7, 11) is 0. The first-order chi connectivity index (χ1) is 20.1. The molecular formula is C35H26N2O4. The van der Waals surface area contributed by atoms with Gasteiger partial charge in [-0.15, -0.1) is 0 Å². The van der Waals surface area contributed by atoms with Gasteiger partial charge in [0.15, 0.2) is 0 Å². The highest BCUT2D eigenvalue weighted by molar-refractivity contribution is 5.89. The van der Waals surface area contributed by atoms with Crippen LogP contribution < -0.4 is 19.9 Å². The van der Waals surface area contributed by atoms with Crippen LogP contribution in [-0.4, -0.2) is 5.97 Å². The van der Waals surface area contributed by atoms with Gasteiger partial charge in [0.25, 0.3) is 0 Å². The van der Waals surface area contributed by atoms with Crippen molar-refractivity contribution in [1.82, 2.24) is 0 Å². The third kappa shape index (κ3) is 5.47. The molecule has 1 aliphatic rings. The molecule has 1 unspecified atom stereocenters. The van der Waals surface area contributed by atoms with Crippen LogP contribution in [0.5, 0.6) is 17.2 Å². The van der Waals surface area contributed by atoms with Gasteiger partial charge in [-0.3, -0.25) is 4.79 Å². The van der Waals surface area contributed by atoms with Crippen molar-refractivity contribution < 1.29 is 19.0 Å². The van der Waals surface area contributed by atoms with Crippen LogP contribution in [-0.2, 0) is 17.8 Å². The van der Waals surface area contributed by atoms with Gasteiger partial charge in [-0.05, 0) is 45.7 Å². The fourth-order valence-electron chi connectivity index (χ4n) is 5.11. The Labute approximate surface area is 237 Å². The number of hydrogen-bond acceptors (Lipinski definition) is 6. The van der Waals surface area contributed by atoms with E-state index < -0.39 is 5.92 Å². The standard InChI is InChI=1S/C35H26N2O4/c36-21-31-34(25-13-15-27(16-14-25)39-22-23-7-2-1-3-8-23)30-18-17-28(20-32(30)41-35(31)37)40-33(38)19-26-11-6-10-24-9-4-5-12-29(24)26/h1-18,20,34H,19,22,37H2. The summed E-state index contributed by atoms with van der Waals surface area (Å²) in [4.78, 5) is 12.9. The minimum atomic E-state index is -0.438. The smallest absolute Gasteiger partial charge is 0.315 e. The van der Waals surface area contributed by atoms with Crippen LogP contribution in [0.25, 0.3) is 10.8 Å². The molecule has 0 saturated carbocycles. The maximum atomic E-state index is 12.9. The van der Waals surface area contributed by atoms with Gasteiger partial charge in [-0.1, -0.05) is 91.0 Å². The van der Waals surface area contributed by atoms with Gasteiger partial charge < -0.3 is 19.9 Å². The molecule has 41 heavy (non-hydrogen) atoms. The van der Waals surface area contributed by atoms with Crippen molar-refractivity contribution in [2.24, 2.45) is 5.73 Å². The number of nitriles is 1. The number of hydrogen-bond donors (Lipinski definition) is 1. The maximum absolute atomic E-state index is 12.9. The normalized spacial score (nSPS) is 14.1. The van der Waals surface area contributed by atoms with E-state index in [1.807, 2.05) is 103 Å². The minimum Gasteiger partial charge on any atom is -0.489 e. The Morgan fingerprint density at radius 1 is 0.854 bits per heavy atom. The number of benzene rings is 5. The number of carbonyl (C=O) groups is 1. The molecule has 5 aromatic carbocycles. The molecule has 6 rings (SSSR count). The number of rotatable bonds is 7. The van der Waals surface area contributed by atoms with Crippen molar-refractivity contribution in [3.05, 3.63) is 149 Å². The Kier molecular flexibility index (Phi) is 7.08. The van der Waals surface area contributed by atoms with Crippen LogP contribution in [0.1, 0.15) is 28.2 Å². The second kappa shape index (κ2) is 11.3. The van der Waals surface area contributed by atoms with E-state index in [4.69, 9.17) is 19.9 Å². The summed E-state index contributed by atoms with van der Waals surface area (Å²) < 4.78 is 17.4. The van der Waals surface area contributed by atoms with Crippen LogP contribution >= 0.6 is 0 Å². The van der Waals surface area contributed by atoms with Crippen LogP contribution in [0.15, 0.2) is 127 Å². The number of carbonyl (C=O) groups excluding carboxylic acids is 1. The molecule has 6 nitrogen and oxygen atoms in total. The highest BCUT2D eigenvalue weighted by Crippen LogP contribution is 2.43. The van der Waals surface area contributed by atoms with Gasteiger partial charge in [0.1, 0.15) is 35.5 Å². The zero-order valence-corrected chi connectivity index (χ0v) is 22.1. The third-order valence-corrected chi connectivity index (χ3v) is 7.10. The molecule has 5 aromatic rings. The van der Waals surface area contributed by atoms with Crippen molar-refractivity contribution in [2.75, 3.05) is 0 Å². The van der Waals surface area contributed by atoms with E-state index in [-0.39, 0.29) is 18.3 Å². The Balaban J connectivity index is 1.21. The molecule has 0 spiro atoms. The van der Waals surface area contributed by atoms with E-state index in [1.165, 1.54) is 0 Å². The van der Waals surface area contributed by atoms with Crippen molar-refractivity contribution in [3.8, 4) is 23.3 Å². The molecule has 0 aromatic heterocycles. The van der Waals surface area contributed by atoms with Gasteiger partial charge in [0.2, 0.25) is 5.88 Å². The molecule has 2 N–H and O–H groups in total. The summed E-state index contributed by atoms with van der Waals surface area (Å²) >= 11 is 0. The second-order valence-corrected chi connectivity index (χ2v) is 9.76. The lowest BCUT2D eigenvalue weighted by Crippen LogP contribution is -2.21. The van der Waals surface area contributed by atoms with Crippen LogP contribution in [0.4, 0.5) is 0 Å². The minimum absolute atomic E-state index is 0.0219. The Morgan fingerprint density at radius 3 is 2.39 bits per heavy atom. The van der Waals surface area contributed by atoms with Crippen LogP contribution in [0, 0.1) is 11.3 Å². The third-order valence-electron chi connectivity index (χ3n) is 7.10. The Bertz CT molecular complexity index is 1800. The average molecular weight is 539 g/mol. The highest BCUT2D eigenvalue weighted by atomic mass is 16.5. The quantitative estimate of drug-likeness (QED) is 0.181. The second-order valence-electron chi connectivity index (χ2n) is 9.76. The SMILES string of the molecule is N#CC1=C(N)Oc2cc(OC(=O)Cc3cccc4ccccc34)ccc2C1c1ccc(OCc2ccccc2)cc1. The average Bonchev–Trinajstić information content (AvgIpc) is 3.00. The summed E-state index contributed by atoms with van der Waals surface area (Å²) in [5.41, 5.74) is 10.1.